The van der Waals surface area contributed by atoms with Crippen molar-refractivity contribution in [2.24, 2.45) is 11.3 Å². The van der Waals surface area contributed by atoms with E-state index < -0.39 is 5.60 Å². The van der Waals surface area contributed by atoms with Crippen molar-refractivity contribution in [1.82, 2.24) is 10.2 Å². The van der Waals surface area contributed by atoms with Gasteiger partial charge < -0.3 is 15.0 Å². The minimum absolute atomic E-state index is 0.0312. The van der Waals surface area contributed by atoms with Crippen molar-refractivity contribution >= 4 is 23.6 Å². The summed E-state index contributed by atoms with van der Waals surface area (Å²) in [5.74, 6) is 0.221. The lowest BCUT2D eigenvalue weighted by molar-refractivity contribution is -0.122. The molecule has 0 aromatic carbocycles. The topological polar surface area (TPSA) is 58.6 Å². The van der Waals surface area contributed by atoms with Crippen LogP contribution in [0.4, 0.5) is 4.79 Å². The molecule has 1 N–H and O–H groups in total. The van der Waals surface area contributed by atoms with Gasteiger partial charge in [0.1, 0.15) is 11.5 Å². The number of hydrogen-bond acceptors (Lipinski definition) is 3. The van der Waals surface area contributed by atoms with E-state index in [-0.39, 0.29) is 28.8 Å². The molecule has 26 heavy (non-hydrogen) atoms. The standard InChI is InChI=1S/C18H33ClN2O3.C2H4/c1-16(2,3)24-15(23)21-10-8-13(9-11-21)17(4,5)18(6,7)20-14(22)12-19;1-2/h13H,8-12H2,1-7H3,(H,20,22);1-2H2. The zero-order chi connectivity index (χ0) is 20.8. The van der Waals surface area contributed by atoms with Crippen molar-refractivity contribution in [1.29, 1.82) is 0 Å². The highest BCUT2D eigenvalue weighted by Crippen LogP contribution is 2.43. The Balaban J connectivity index is 0.00000301. The van der Waals surface area contributed by atoms with Crippen molar-refractivity contribution in [2.45, 2.75) is 72.4 Å². The van der Waals surface area contributed by atoms with Crippen LogP contribution < -0.4 is 5.32 Å². The van der Waals surface area contributed by atoms with Crippen LogP contribution in [0, 0.1) is 11.3 Å². The second-order valence-electron chi connectivity index (χ2n) is 8.77. The summed E-state index contributed by atoms with van der Waals surface area (Å²) in [4.78, 5) is 25.7. The molecule has 1 aliphatic rings. The van der Waals surface area contributed by atoms with E-state index in [1.165, 1.54) is 0 Å². The van der Waals surface area contributed by atoms with Crippen molar-refractivity contribution in [3.63, 3.8) is 0 Å². The predicted octanol–water partition coefficient (Wildman–Crippen LogP) is 4.60. The Morgan fingerprint density at radius 2 is 1.54 bits per heavy atom. The zero-order valence-electron chi connectivity index (χ0n) is 17.6. The Kier molecular flexibility index (Phi) is 9.18. The SMILES string of the molecule is C=C.CC(C)(C)OC(=O)N1CCC(C(C)(C)C(C)(C)NC(=O)CCl)CC1. The predicted molar refractivity (Wildman–Crippen MR) is 109 cm³/mol. The summed E-state index contributed by atoms with van der Waals surface area (Å²) >= 11 is 5.63. The van der Waals surface area contributed by atoms with E-state index >= 15 is 0 Å². The van der Waals surface area contributed by atoms with Crippen LogP contribution in [0.25, 0.3) is 0 Å². The minimum atomic E-state index is -0.471. The first kappa shape index (κ1) is 24.8. The largest absolute Gasteiger partial charge is 0.444 e. The molecule has 1 fully saturated rings. The Labute approximate surface area is 164 Å². The minimum Gasteiger partial charge on any atom is -0.444 e. The molecule has 6 heteroatoms. The molecule has 1 saturated heterocycles. The summed E-state index contributed by atoms with van der Waals surface area (Å²) in [7, 11) is 0. The number of piperidine rings is 1. The smallest absolute Gasteiger partial charge is 0.410 e. The third kappa shape index (κ3) is 6.82. The number of carbonyl (C=O) groups excluding carboxylic acids is 2. The molecular weight excluding hydrogens is 352 g/mol. The molecule has 0 aromatic heterocycles. The molecule has 0 bridgehead atoms. The van der Waals surface area contributed by atoms with Crippen LogP contribution in [-0.4, -0.2) is 47.0 Å². The van der Waals surface area contributed by atoms with Gasteiger partial charge in [0.2, 0.25) is 5.91 Å². The number of rotatable bonds is 4. The van der Waals surface area contributed by atoms with Gasteiger partial charge in [0.25, 0.3) is 0 Å². The number of hydrogen-bond donors (Lipinski definition) is 1. The number of amides is 2. The Morgan fingerprint density at radius 3 is 1.92 bits per heavy atom. The van der Waals surface area contributed by atoms with Crippen LogP contribution >= 0.6 is 11.6 Å². The number of nitrogens with zero attached hydrogens (tertiary/aromatic N) is 1. The third-order valence-corrected chi connectivity index (χ3v) is 5.59. The van der Waals surface area contributed by atoms with Gasteiger partial charge in [-0.05, 0) is 58.8 Å². The summed E-state index contributed by atoms with van der Waals surface area (Å²) in [5, 5.41) is 3.03. The molecule has 0 unspecified atom stereocenters. The highest BCUT2D eigenvalue weighted by atomic mass is 35.5. The summed E-state index contributed by atoms with van der Waals surface area (Å²) < 4.78 is 5.45. The fraction of sp³-hybridized carbons (Fsp3) is 0.800. The van der Waals surface area contributed by atoms with Gasteiger partial charge >= 0.3 is 6.09 Å². The first-order valence-electron chi connectivity index (χ1n) is 9.15. The molecule has 0 spiro atoms. The summed E-state index contributed by atoms with van der Waals surface area (Å²) in [6, 6.07) is 0. The van der Waals surface area contributed by atoms with Gasteiger partial charge in [-0.3, -0.25) is 4.79 Å². The lowest BCUT2D eigenvalue weighted by Crippen LogP contribution is -2.58. The van der Waals surface area contributed by atoms with Gasteiger partial charge in [-0.2, -0.15) is 0 Å². The van der Waals surface area contributed by atoms with Gasteiger partial charge in [-0.25, -0.2) is 4.79 Å². The number of halogens is 1. The normalized spacial score (nSPS) is 16.4. The molecule has 1 heterocycles. The fourth-order valence-corrected chi connectivity index (χ4v) is 3.23. The Hall–Kier alpha value is -1.23. The number of carbonyl (C=O) groups is 2. The molecule has 0 radical (unpaired) electrons. The van der Waals surface area contributed by atoms with Gasteiger partial charge in [-0.15, -0.1) is 24.8 Å². The van der Waals surface area contributed by atoms with Crippen LogP contribution in [0.1, 0.15) is 61.3 Å². The monoisotopic (exact) mass is 388 g/mol. The second-order valence-corrected chi connectivity index (χ2v) is 9.04. The summed E-state index contributed by atoms with van der Waals surface area (Å²) in [5.41, 5.74) is -0.965. The van der Waals surface area contributed by atoms with E-state index in [0.29, 0.717) is 19.0 Å². The average molecular weight is 389 g/mol. The third-order valence-electron chi connectivity index (χ3n) is 5.35. The van der Waals surface area contributed by atoms with Crippen LogP contribution in [0.15, 0.2) is 13.2 Å². The highest BCUT2D eigenvalue weighted by molar-refractivity contribution is 6.27. The second kappa shape index (κ2) is 9.63. The molecule has 1 rings (SSSR count). The van der Waals surface area contributed by atoms with E-state index in [9.17, 15) is 9.59 Å². The summed E-state index contributed by atoms with van der Waals surface area (Å²) in [6.45, 7) is 21.4. The Bertz CT molecular complexity index is 476. The summed E-state index contributed by atoms with van der Waals surface area (Å²) in [6.07, 6.45) is 1.55. The van der Waals surface area contributed by atoms with E-state index in [1.807, 2.05) is 34.6 Å². The van der Waals surface area contributed by atoms with E-state index in [4.69, 9.17) is 16.3 Å². The maximum atomic E-state index is 12.2. The van der Waals surface area contributed by atoms with Crippen LogP contribution in [0.2, 0.25) is 0 Å². The molecule has 0 saturated carbocycles. The van der Waals surface area contributed by atoms with E-state index in [0.717, 1.165) is 12.8 Å². The Morgan fingerprint density at radius 1 is 1.08 bits per heavy atom. The van der Waals surface area contributed by atoms with Gasteiger partial charge in [0, 0.05) is 18.6 Å². The number of nitrogens with one attached hydrogen (secondary N) is 1. The van der Waals surface area contributed by atoms with Gasteiger partial charge in [-0.1, -0.05) is 13.8 Å². The van der Waals surface area contributed by atoms with E-state index in [1.54, 1.807) is 4.90 Å². The lowest BCUT2D eigenvalue weighted by atomic mass is 9.63. The molecular formula is C20H37ClN2O3. The van der Waals surface area contributed by atoms with Crippen molar-refractivity contribution in [2.75, 3.05) is 19.0 Å². The molecule has 0 atom stereocenters. The van der Waals surface area contributed by atoms with Crippen molar-refractivity contribution in [3.8, 4) is 0 Å². The number of likely N-dealkylation sites (tertiary alicyclic amines) is 1. The molecule has 0 aliphatic carbocycles. The molecule has 1 aliphatic heterocycles. The van der Waals surface area contributed by atoms with Crippen molar-refractivity contribution < 1.29 is 14.3 Å². The number of alkyl halides is 1. The molecule has 5 nitrogen and oxygen atoms in total. The zero-order valence-corrected chi connectivity index (χ0v) is 18.3. The van der Waals surface area contributed by atoms with Crippen LogP contribution in [-0.2, 0) is 9.53 Å². The first-order chi connectivity index (χ1) is 11.8. The molecule has 152 valence electrons. The average Bonchev–Trinajstić information content (AvgIpc) is 2.54. The molecule has 0 aromatic rings. The molecule has 2 amide bonds. The van der Waals surface area contributed by atoms with Gasteiger partial charge in [0.15, 0.2) is 0 Å². The quantitative estimate of drug-likeness (QED) is 0.565. The van der Waals surface area contributed by atoms with Crippen LogP contribution in [0.3, 0.4) is 0 Å². The first-order valence-corrected chi connectivity index (χ1v) is 9.68. The van der Waals surface area contributed by atoms with Gasteiger partial charge in [0.05, 0.1) is 0 Å². The van der Waals surface area contributed by atoms with E-state index in [2.05, 4.69) is 32.3 Å². The maximum Gasteiger partial charge on any atom is 0.410 e. The highest BCUT2D eigenvalue weighted by Gasteiger charge is 2.45. The maximum absolute atomic E-state index is 12.2. The number of ether oxygens (including phenoxy) is 1. The van der Waals surface area contributed by atoms with Crippen LogP contribution in [0.5, 0.6) is 0 Å². The fourth-order valence-electron chi connectivity index (χ4n) is 3.16. The van der Waals surface area contributed by atoms with Crippen molar-refractivity contribution in [3.05, 3.63) is 13.2 Å². The lowest BCUT2D eigenvalue weighted by Gasteiger charge is -2.49.